The molecule has 0 bridgehead atoms. The van der Waals surface area contributed by atoms with Gasteiger partial charge in [0.2, 0.25) is 5.91 Å². The number of fused-ring (bicyclic) bond motifs is 1. The molecule has 7 heteroatoms. The number of nitrogens with zero attached hydrogens (tertiary/aromatic N) is 3. The lowest BCUT2D eigenvalue weighted by Gasteiger charge is -2.15. The molecule has 30 heavy (non-hydrogen) atoms. The Balaban J connectivity index is 1.40. The second-order valence-electron chi connectivity index (χ2n) is 7.10. The SMILES string of the molecule is Cc1ccc(-n2cnnc2SCC(=O)NC(C)c2ccc3ccccc3c2)cc1Cl. The van der Waals surface area contributed by atoms with Crippen molar-refractivity contribution in [3.8, 4) is 5.69 Å². The zero-order valence-corrected chi connectivity index (χ0v) is 18.2. The maximum Gasteiger partial charge on any atom is 0.230 e. The summed E-state index contributed by atoms with van der Waals surface area (Å²) in [4.78, 5) is 12.5. The van der Waals surface area contributed by atoms with Crippen molar-refractivity contribution in [3.63, 3.8) is 0 Å². The van der Waals surface area contributed by atoms with Crippen molar-refractivity contribution < 1.29 is 4.79 Å². The van der Waals surface area contributed by atoms with E-state index in [4.69, 9.17) is 11.6 Å². The summed E-state index contributed by atoms with van der Waals surface area (Å²) in [5.41, 5.74) is 2.94. The molecule has 1 aromatic heterocycles. The molecule has 1 amide bonds. The zero-order valence-electron chi connectivity index (χ0n) is 16.7. The van der Waals surface area contributed by atoms with Crippen molar-refractivity contribution >= 4 is 40.0 Å². The average Bonchev–Trinajstić information content (AvgIpc) is 3.22. The van der Waals surface area contributed by atoms with Crippen LogP contribution in [0.4, 0.5) is 0 Å². The number of rotatable bonds is 6. The summed E-state index contributed by atoms with van der Waals surface area (Å²) in [5.74, 6) is 0.188. The molecular formula is C23H21ClN4OS. The first kappa shape index (κ1) is 20.4. The van der Waals surface area contributed by atoms with Gasteiger partial charge in [0.15, 0.2) is 5.16 Å². The second kappa shape index (κ2) is 8.90. The van der Waals surface area contributed by atoms with E-state index in [0.717, 1.165) is 22.2 Å². The summed E-state index contributed by atoms with van der Waals surface area (Å²) >= 11 is 7.58. The maximum atomic E-state index is 12.5. The number of aryl methyl sites for hydroxylation is 1. The van der Waals surface area contributed by atoms with Crippen LogP contribution in [0.25, 0.3) is 16.5 Å². The van der Waals surface area contributed by atoms with Crippen molar-refractivity contribution in [1.82, 2.24) is 20.1 Å². The minimum atomic E-state index is -0.0866. The number of aromatic nitrogens is 3. The van der Waals surface area contributed by atoms with Crippen LogP contribution in [-0.4, -0.2) is 26.4 Å². The predicted octanol–water partition coefficient (Wildman–Crippen LogP) is 5.35. The molecule has 4 rings (SSSR count). The first-order valence-corrected chi connectivity index (χ1v) is 10.9. The number of nitrogens with one attached hydrogen (secondary N) is 1. The number of carbonyl (C=O) groups excluding carboxylic acids is 1. The molecule has 0 aliphatic carbocycles. The molecule has 1 heterocycles. The minimum Gasteiger partial charge on any atom is -0.349 e. The molecule has 0 spiro atoms. The molecule has 1 N–H and O–H groups in total. The van der Waals surface area contributed by atoms with Gasteiger partial charge in [0, 0.05) is 5.02 Å². The number of thioether (sulfide) groups is 1. The first-order chi connectivity index (χ1) is 14.5. The van der Waals surface area contributed by atoms with Crippen LogP contribution < -0.4 is 5.32 Å². The quantitative estimate of drug-likeness (QED) is 0.414. The van der Waals surface area contributed by atoms with Crippen molar-refractivity contribution in [1.29, 1.82) is 0 Å². The number of halogens is 1. The normalized spacial score (nSPS) is 12.1. The summed E-state index contributed by atoms with van der Waals surface area (Å²) in [7, 11) is 0. The molecule has 0 saturated carbocycles. The van der Waals surface area contributed by atoms with Crippen LogP contribution in [0.3, 0.4) is 0 Å². The molecule has 0 aliphatic heterocycles. The number of carbonyl (C=O) groups is 1. The largest absolute Gasteiger partial charge is 0.349 e. The van der Waals surface area contributed by atoms with Crippen LogP contribution in [0.5, 0.6) is 0 Å². The van der Waals surface area contributed by atoms with Crippen LogP contribution >= 0.6 is 23.4 Å². The van der Waals surface area contributed by atoms with Crippen LogP contribution in [0.15, 0.2) is 72.1 Å². The van der Waals surface area contributed by atoms with E-state index in [9.17, 15) is 4.79 Å². The monoisotopic (exact) mass is 436 g/mol. The average molecular weight is 437 g/mol. The Kier molecular flexibility index (Phi) is 6.06. The molecule has 1 atom stereocenters. The molecule has 0 fully saturated rings. The van der Waals surface area contributed by atoms with E-state index in [2.05, 4.69) is 45.8 Å². The zero-order chi connectivity index (χ0) is 21.1. The van der Waals surface area contributed by atoms with E-state index in [0.29, 0.717) is 10.2 Å². The van der Waals surface area contributed by atoms with E-state index >= 15 is 0 Å². The van der Waals surface area contributed by atoms with E-state index in [1.165, 1.54) is 17.1 Å². The summed E-state index contributed by atoms with van der Waals surface area (Å²) in [6, 6.07) is 20.1. The highest BCUT2D eigenvalue weighted by Gasteiger charge is 2.14. The standard InChI is InChI=1S/C23H21ClN4OS/c1-15-7-10-20(12-21(15)24)28-14-25-27-23(28)30-13-22(29)26-16(2)18-9-8-17-5-3-4-6-19(17)11-18/h3-12,14,16H,13H2,1-2H3,(H,26,29). The van der Waals surface area contributed by atoms with Crippen molar-refractivity contribution in [2.24, 2.45) is 0 Å². The van der Waals surface area contributed by atoms with Crippen LogP contribution in [0, 0.1) is 6.92 Å². The van der Waals surface area contributed by atoms with Crippen molar-refractivity contribution in [3.05, 3.63) is 83.1 Å². The van der Waals surface area contributed by atoms with E-state index < -0.39 is 0 Å². The smallest absolute Gasteiger partial charge is 0.230 e. The molecule has 5 nitrogen and oxygen atoms in total. The summed E-state index contributed by atoms with van der Waals surface area (Å²) in [6.45, 7) is 3.94. The van der Waals surface area contributed by atoms with Crippen LogP contribution in [-0.2, 0) is 4.79 Å². The highest BCUT2D eigenvalue weighted by molar-refractivity contribution is 7.99. The molecular weight excluding hydrogens is 416 g/mol. The van der Waals surface area contributed by atoms with Gasteiger partial charge in [-0.25, -0.2) is 0 Å². The second-order valence-corrected chi connectivity index (χ2v) is 8.45. The number of benzene rings is 3. The van der Waals surface area contributed by atoms with Gasteiger partial charge in [-0.2, -0.15) is 0 Å². The molecule has 152 valence electrons. The predicted molar refractivity (Wildman–Crippen MR) is 122 cm³/mol. The Labute approximate surface area is 184 Å². The highest BCUT2D eigenvalue weighted by atomic mass is 35.5. The Morgan fingerprint density at radius 2 is 1.93 bits per heavy atom. The van der Waals surface area contributed by atoms with Gasteiger partial charge in [-0.05, 0) is 53.9 Å². The van der Waals surface area contributed by atoms with Crippen LogP contribution in [0.2, 0.25) is 5.02 Å². The van der Waals surface area contributed by atoms with E-state index in [1.54, 1.807) is 6.33 Å². The molecule has 1 unspecified atom stereocenters. The fraction of sp³-hybridized carbons (Fsp3) is 0.174. The molecule has 0 aliphatic rings. The maximum absolute atomic E-state index is 12.5. The van der Waals surface area contributed by atoms with Gasteiger partial charge in [-0.15, -0.1) is 10.2 Å². The number of hydrogen-bond donors (Lipinski definition) is 1. The van der Waals surface area contributed by atoms with Gasteiger partial charge in [0.1, 0.15) is 6.33 Å². The molecule has 4 aromatic rings. The van der Waals surface area contributed by atoms with Gasteiger partial charge >= 0.3 is 0 Å². The highest BCUT2D eigenvalue weighted by Crippen LogP contribution is 2.24. The van der Waals surface area contributed by atoms with Crippen molar-refractivity contribution in [2.45, 2.75) is 25.0 Å². The summed E-state index contributed by atoms with van der Waals surface area (Å²) in [6.07, 6.45) is 1.62. The van der Waals surface area contributed by atoms with Gasteiger partial charge in [0.25, 0.3) is 0 Å². The van der Waals surface area contributed by atoms with E-state index in [-0.39, 0.29) is 17.7 Å². The van der Waals surface area contributed by atoms with Gasteiger partial charge in [-0.3, -0.25) is 9.36 Å². The Morgan fingerprint density at radius 1 is 1.13 bits per heavy atom. The third kappa shape index (κ3) is 4.50. The van der Waals surface area contributed by atoms with Gasteiger partial charge in [0.05, 0.1) is 17.5 Å². The third-order valence-electron chi connectivity index (χ3n) is 4.93. The lowest BCUT2D eigenvalue weighted by atomic mass is 10.0. The topological polar surface area (TPSA) is 59.8 Å². The summed E-state index contributed by atoms with van der Waals surface area (Å²) in [5, 5.41) is 14.9. The first-order valence-electron chi connectivity index (χ1n) is 9.58. The fourth-order valence-corrected chi connectivity index (χ4v) is 4.12. The Morgan fingerprint density at radius 3 is 2.73 bits per heavy atom. The summed E-state index contributed by atoms with van der Waals surface area (Å²) < 4.78 is 1.83. The lowest BCUT2D eigenvalue weighted by molar-refractivity contribution is -0.119. The third-order valence-corrected chi connectivity index (χ3v) is 6.28. The van der Waals surface area contributed by atoms with Crippen molar-refractivity contribution in [2.75, 3.05) is 5.75 Å². The van der Waals surface area contributed by atoms with Crippen LogP contribution in [0.1, 0.15) is 24.1 Å². The number of hydrogen-bond acceptors (Lipinski definition) is 4. The van der Waals surface area contributed by atoms with E-state index in [1.807, 2.05) is 48.7 Å². The van der Waals surface area contributed by atoms with Gasteiger partial charge in [-0.1, -0.05) is 65.8 Å². The fourth-order valence-electron chi connectivity index (χ4n) is 3.21. The molecule has 3 aromatic carbocycles. The lowest BCUT2D eigenvalue weighted by Crippen LogP contribution is -2.28. The number of amides is 1. The van der Waals surface area contributed by atoms with Gasteiger partial charge < -0.3 is 5.32 Å². The Bertz CT molecular complexity index is 1210. The molecule has 0 radical (unpaired) electrons. The minimum absolute atomic E-state index is 0.0582. The Hall–Kier alpha value is -2.83. The molecule has 0 saturated heterocycles.